The molecule has 1 N–H and O–H groups in total. The van der Waals surface area contributed by atoms with Crippen LogP contribution < -0.4 is 5.32 Å². The minimum Gasteiger partial charge on any atom is -0.380 e. The van der Waals surface area contributed by atoms with Crippen LogP contribution in [0.5, 0.6) is 0 Å². The predicted octanol–water partition coefficient (Wildman–Crippen LogP) is 1.82. The van der Waals surface area contributed by atoms with E-state index in [4.69, 9.17) is 9.47 Å². The molecule has 1 aliphatic carbocycles. The summed E-state index contributed by atoms with van der Waals surface area (Å²) in [6.45, 7) is 7.89. The largest absolute Gasteiger partial charge is 0.380 e. The molecule has 3 nitrogen and oxygen atoms in total. The Morgan fingerprint density at radius 3 is 2.53 bits per heavy atom. The summed E-state index contributed by atoms with van der Waals surface area (Å²) in [5, 5.41) is 3.40. The summed E-state index contributed by atoms with van der Waals surface area (Å²) in [6, 6.07) is 0. The predicted molar refractivity (Wildman–Crippen MR) is 62.1 cm³/mol. The second-order valence-electron chi connectivity index (χ2n) is 4.89. The fourth-order valence-electron chi connectivity index (χ4n) is 1.80. The van der Waals surface area contributed by atoms with E-state index in [2.05, 4.69) is 19.2 Å². The molecule has 1 rings (SSSR count). The van der Waals surface area contributed by atoms with Crippen LogP contribution in [0.15, 0.2) is 0 Å². The van der Waals surface area contributed by atoms with Gasteiger partial charge in [0.1, 0.15) is 0 Å². The zero-order valence-electron chi connectivity index (χ0n) is 10.3. The topological polar surface area (TPSA) is 30.5 Å². The molecular formula is C12H25NO2. The monoisotopic (exact) mass is 215 g/mol. The minimum atomic E-state index is 0.137. The Morgan fingerprint density at radius 2 is 2.07 bits per heavy atom. The van der Waals surface area contributed by atoms with Gasteiger partial charge < -0.3 is 14.8 Å². The normalized spacial score (nSPS) is 19.2. The lowest BCUT2D eigenvalue weighted by Crippen LogP contribution is -2.48. The molecule has 15 heavy (non-hydrogen) atoms. The number of hydrogen-bond acceptors (Lipinski definition) is 3. The molecule has 0 amide bonds. The van der Waals surface area contributed by atoms with Crippen molar-refractivity contribution in [3.63, 3.8) is 0 Å². The van der Waals surface area contributed by atoms with E-state index in [0.29, 0.717) is 5.92 Å². The molecule has 1 fully saturated rings. The first-order valence-electron chi connectivity index (χ1n) is 6.02. The molecule has 90 valence electrons. The zero-order chi connectivity index (χ0) is 11.1. The van der Waals surface area contributed by atoms with E-state index < -0.39 is 0 Å². The second-order valence-corrected chi connectivity index (χ2v) is 4.89. The van der Waals surface area contributed by atoms with Crippen LogP contribution in [0.4, 0.5) is 0 Å². The van der Waals surface area contributed by atoms with Crippen LogP contribution in [-0.4, -0.2) is 39.0 Å². The van der Waals surface area contributed by atoms with Crippen molar-refractivity contribution in [2.75, 3.05) is 33.4 Å². The number of hydrogen-bond donors (Lipinski definition) is 1. The lowest BCUT2D eigenvalue weighted by molar-refractivity contribution is -0.0699. The van der Waals surface area contributed by atoms with Gasteiger partial charge in [0.25, 0.3) is 0 Å². The van der Waals surface area contributed by atoms with E-state index in [0.717, 1.165) is 26.3 Å². The molecular weight excluding hydrogens is 190 g/mol. The van der Waals surface area contributed by atoms with E-state index >= 15 is 0 Å². The fraction of sp³-hybridized carbons (Fsp3) is 1.00. The van der Waals surface area contributed by atoms with Gasteiger partial charge in [-0.15, -0.1) is 0 Å². The molecule has 3 heteroatoms. The first-order valence-corrected chi connectivity index (χ1v) is 6.02. The van der Waals surface area contributed by atoms with Crippen LogP contribution in [0.2, 0.25) is 0 Å². The Bertz CT molecular complexity index is 161. The van der Waals surface area contributed by atoms with Gasteiger partial charge in [-0.05, 0) is 25.2 Å². The van der Waals surface area contributed by atoms with Crippen LogP contribution in [0, 0.1) is 5.92 Å². The standard InChI is InChI=1S/C12H25NO2/c1-11(2)9-15-8-7-13-10-12(14-3)5-4-6-12/h11,13H,4-10H2,1-3H3. The molecule has 0 bridgehead atoms. The highest BCUT2D eigenvalue weighted by Crippen LogP contribution is 2.34. The Balaban J connectivity index is 1.92. The van der Waals surface area contributed by atoms with Gasteiger partial charge in [-0.25, -0.2) is 0 Å². The van der Waals surface area contributed by atoms with Gasteiger partial charge in [0.15, 0.2) is 0 Å². The highest BCUT2D eigenvalue weighted by Gasteiger charge is 2.36. The molecule has 0 aromatic rings. The van der Waals surface area contributed by atoms with E-state index in [1.165, 1.54) is 19.3 Å². The van der Waals surface area contributed by atoms with Crippen molar-refractivity contribution in [3.05, 3.63) is 0 Å². The molecule has 0 aromatic carbocycles. The molecule has 1 aliphatic rings. The third-order valence-corrected chi connectivity index (χ3v) is 3.02. The third-order valence-electron chi connectivity index (χ3n) is 3.02. The summed E-state index contributed by atoms with van der Waals surface area (Å²) < 4.78 is 11.0. The van der Waals surface area contributed by atoms with E-state index in [9.17, 15) is 0 Å². The Morgan fingerprint density at radius 1 is 1.33 bits per heavy atom. The molecule has 0 saturated heterocycles. The maximum absolute atomic E-state index is 5.52. The minimum absolute atomic E-state index is 0.137. The molecule has 1 saturated carbocycles. The van der Waals surface area contributed by atoms with Gasteiger partial charge in [0.2, 0.25) is 0 Å². The number of ether oxygens (including phenoxy) is 2. The number of methoxy groups -OCH3 is 1. The Hall–Kier alpha value is -0.120. The van der Waals surface area contributed by atoms with Crippen molar-refractivity contribution in [1.29, 1.82) is 0 Å². The Labute approximate surface area is 93.5 Å². The van der Waals surface area contributed by atoms with Gasteiger partial charge >= 0.3 is 0 Å². The van der Waals surface area contributed by atoms with Crippen molar-refractivity contribution in [2.45, 2.75) is 38.7 Å². The highest BCUT2D eigenvalue weighted by molar-refractivity contribution is 4.91. The molecule has 0 radical (unpaired) electrons. The number of nitrogens with one attached hydrogen (secondary N) is 1. The van der Waals surface area contributed by atoms with Crippen molar-refractivity contribution in [1.82, 2.24) is 5.32 Å². The molecule has 0 aromatic heterocycles. The average Bonchev–Trinajstić information content (AvgIpc) is 2.14. The maximum Gasteiger partial charge on any atom is 0.0802 e. The molecule has 0 heterocycles. The van der Waals surface area contributed by atoms with Crippen LogP contribution in [0.1, 0.15) is 33.1 Å². The quantitative estimate of drug-likeness (QED) is 0.626. The number of rotatable bonds is 8. The summed E-state index contributed by atoms with van der Waals surface area (Å²) in [7, 11) is 1.82. The lowest BCUT2D eigenvalue weighted by atomic mass is 9.80. The fourth-order valence-corrected chi connectivity index (χ4v) is 1.80. The summed E-state index contributed by atoms with van der Waals surface area (Å²) in [6.07, 6.45) is 3.70. The molecule has 0 unspecified atom stereocenters. The smallest absolute Gasteiger partial charge is 0.0802 e. The van der Waals surface area contributed by atoms with Crippen LogP contribution in [0.25, 0.3) is 0 Å². The summed E-state index contributed by atoms with van der Waals surface area (Å²) >= 11 is 0. The average molecular weight is 215 g/mol. The molecule has 0 atom stereocenters. The highest BCUT2D eigenvalue weighted by atomic mass is 16.5. The van der Waals surface area contributed by atoms with Gasteiger partial charge in [-0.1, -0.05) is 13.8 Å². The van der Waals surface area contributed by atoms with E-state index in [1.54, 1.807) is 0 Å². The lowest BCUT2D eigenvalue weighted by Gasteiger charge is -2.40. The van der Waals surface area contributed by atoms with Crippen LogP contribution >= 0.6 is 0 Å². The van der Waals surface area contributed by atoms with Crippen molar-refractivity contribution in [3.8, 4) is 0 Å². The first kappa shape index (κ1) is 12.9. The van der Waals surface area contributed by atoms with Crippen molar-refractivity contribution < 1.29 is 9.47 Å². The SMILES string of the molecule is COC1(CNCCOCC(C)C)CCC1. The maximum atomic E-state index is 5.52. The third kappa shape index (κ3) is 4.49. The summed E-state index contributed by atoms with van der Waals surface area (Å²) in [5.74, 6) is 0.627. The van der Waals surface area contributed by atoms with Gasteiger partial charge in [0, 0.05) is 26.8 Å². The van der Waals surface area contributed by atoms with Crippen LogP contribution in [-0.2, 0) is 9.47 Å². The molecule has 0 aliphatic heterocycles. The zero-order valence-corrected chi connectivity index (χ0v) is 10.3. The van der Waals surface area contributed by atoms with Crippen molar-refractivity contribution in [2.24, 2.45) is 5.92 Å². The van der Waals surface area contributed by atoms with Gasteiger partial charge in [-0.3, -0.25) is 0 Å². The Kier molecular flexibility index (Phi) is 5.58. The second kappa shape index (κ2) is 6.46. The van der Waals surface area contributed by atoms with E-state index in [1.807, 2.05) is 7.11 Å². The molecule has 0 spiro atoms. The van der Waals surface area contributed by atoms with Gasteiger partial charge in [-0.2, -0.15) is 0 Å². The van der Waals surface area contributed by atoms with Crippen molar-refractivity contribution >= 4 is 0 Å². The summed E-state index contributed by atoms with van der Waals surface area (Å²) in [5.41, 5.74) is 0.137. The first-order chi connectivity index (χ1) is 7.18. The van der Waals surface area contributed by atoms with E-state index in [-0.39, 0.29) is 5.60 Å². The van der Waals surface area contributed by atoms with Gasteiger partial charge in [0.05, 0.1) is 12.2 Å². The van der Waals surface area contributed by atoms with Crippen LogP contribution in [0.3, 0.4) is 0 Å². The summed E-state index contributed by atoms with van der Waals surface area (Å²) in [4.78, 5) is 0.